The van der Waals surface area contributed by atoms with Crippen molar-refractivity contribution < 1.29 is 9.59 Å². The van der Waals surface area contributed by atoms with Gasteiger partial charge in [0.2, 0.25) is 0 Å². The summed E-state index contributed by atoms with van der Waals surface area (Å²) in [6.45, 7) is 5.61. The van der Waals surface area contributed by atoms with Crippen LogP contribution in [-0.2, 0) is 4.79 Å². The summed E-state index contributed by atoms with van der Waals surface area (Å²) in [5.74, 6) is -0.0126. The van der Waals surface area contributed by atoms with E-state index in [4.69, 9.17) is 0 Å². The lowest BCUT2D eigenvalue weighted by molar-refractivity contribution is -0.132. The van der Waals surface area contributed by atoms with E-state index >= 15 is 0 Å². The van der Waals surface area contributed by atoms with Crippen molar-refractivity contribution in [1.29, 1.82) is 0 Å². The van der Waals surface area contributed by atoms with Gasteiger partial charge in [-0.25, -0.2) is 9.99 Å². The molecule has 106 valence electrons. The number of amides is 2. The van der Waals surface area contributed by atoms with Gasteiger partial charge in [-0.3, -0.25) is 19.4 Å². The maximum Gasteiger partial charge on any atom is 0.288 e. The molecule has 0 bridgehead atoms. The first kappa shape index (κ1) is 13.4. The van der Waals surface area contributed by atoms with Gasteiger partial charge in [0.25, 0.3) is 11.8 Å². The third-order valence-electron chi connectivity index (χ3n) is 3.20. The zero-order valence-corrected chi connectivity index (χ0v) is 13.0. The first-order valence-corrected chi connectivity index (χ1v) is 7.97. The quantitative estimate of drug-likeness (QED) is 0.916. The second-order valence-corrected chi connectivity index (χ2v) is 7.46. The van der Waals surface area contributed by atoms with Crippen molar-refractivity contribution in [3.63, 3.8) is 0 Å². The lowest BCUT2D eigenvalue weighted by Crippen LogP contribution is -2.52. The molecule has 0 radical (unpaired) electrons. The minimum atomic E-state index is -0.431. The van der Waals surface area contributed by atoms with Gasteiger partial charge in [-0.05, 0) is 20.8 Å². The Bertz CT molecular complexity index is 703. The summed E-state index contributed by atoms with van der Waals surface area (Å²) in [4.78, 5) is 29.0. The molecule has 6 nitrogen and oxygen atoms in total. The molecule has 20 heavy (non-hydrogen) atoms. The summed E-state index contributed by atoms with van der Waals surface area (Å²) in [7, 11) is 0. The van der Waals surface area contributed by atoms with Gasteiger partial charge in [-0.15, -0.1) is 23.1 Å². The standard InChI is InChI=1S/C12H14N4O2S2/c1-7-9(15-4-5-19-11(15)13-7)10(18)14-16-8(17)6-20-12(16,2)3/h4-5H,6H2,1-3H3,(H,14,18). The average molecular weight is 310 g/mol. The number of hydrogen-bond donors (Lipinski definition) is 1. The molecule has 0 aliphatic carbocycles. The van der Waals surface area contributed by atoms with Crippen LogP contribution in [0.3, 0.4) is 0 Å². The lowest BCUT2D eigenvalue weighted by atomic mass is 10.3. The summed E-state index contributed by atoms with van der Waals surface area (Å²) in [6.07, 6.45) is 1.81. The topological polar surface area (TPSA) is 66.7 Å². The molecular weight excluding hydrogens is 296 g/mol. The van der Waals surface area contributed by atoms with Crippen molar-refractivity contribution in [2.24, 2.45) is 0 Å². The molecule has 0 saturated carbocycles. The molecule has 2 amide bonds. The largest absolute Gasteiger partial charge is 0.288 e. The third-order valence-corrected chi connectivity index (χ3v) is 5.24. The minimum Gasteiger partial charge on any atom is -0.286 e. The zero-order valence-electron chi connectivity index (χ0n) is 11.3. The molecule has 0 atom stereocenters. The van der Waals surface area contributed by atoms with Crippen LogP contribution in [0.15, 0.2) is 11.6 Å². The van der Waals surface area contributed by atoms with Crippen molar-refractivity contribution in [1.82, 2.24) is 19.8 Å². The molecular formula is C12H14N4O2S2. The van der Waals surface area contributed by atoms with Gasteiger partial charge < -0.3 is 0 Å². The Kier molecular flexibility index (Phi) is 3.02. The molecule has 0 spiro atoms. The van der Waals surface area contributed by atoms with Crippen LogP contribution in [0.2, 0.25) is 0 Å². The van der Waals surface area contributed by atoms with Gasteiger partial charge in [-0.1, -0.05) is 0 Å². The SMILES string of the molecule is Cc1nc2sccn2c1C(=O)NN1C(=O)CSC1(C)C. The highest BCUT2D eigenvalue weighted by atomic mass is 32.2. The average Bonchev–Trinajstić information content (AvgIpc) is 2.98. The fourth-order valence-electron chi connectivity index (χ4n) is 2.19. The van der Waals surface area contributed by atoms with Gasteiger partial charge in [0, 0.05) is 11.6 Å². The number of carbonyl (C=O) groups excluding carboxylic acids is 2. The maximum absolute atomic E-state index is 12.5. The first-order chi connectivity index (χ1) is 9.40. The molecule has 0 aromatic carbocycles. The van der Waals surface area contributed by atoms with Crippen molar-refractivity contribution in [3.8, 4) is 0 Å². The molecule has 1 aliphatic rings. The summed E-state index contributed by atoms with van der Waals surface area (Å²) >= 11 is 2.98. The molecule has 1 aliphatic heterocycles. The smallest absolute Gasteiger partial charge is 0.286 e. The number of thioether (sulfide) groups is 1. The molecule has 2 aromatic heterocycles. The van der Waals surface area contributed by atoms with E-state index in [1.54, 1.807) is 17.5 Å². The zero-order chi connectivity index (χ0) is 14.5. The lowest BCUT2D eigenvalue weighted by Gasteiger charge is -2.30. The second-order valence-electron chi connectivity index (χ2n) is 5.01. The van der Waals surface area contributed by atoms with Crippen molar-refractivity contribution in [2.45, 2.75) is 25.6 Å². The van der Waals surface area contributed by atoms with E-state index in [0.29, 0.717) is 17.1 Å². The third kappa shape index (κ3) is 1.99. The van der Waals surface area contributed by atoms with Gasteiger partial charge in [0.05, 0.1) is 11.4 Å². The van der Waals surface area contributed by atoms with Crippen molar-refractivity contribution in [2.75, 3.05) is 5.75 Å². The van der Waals surface area contributed by atoms with Crippen LogP contribution in [0.5, 0.6) is 0 Å². The van der Waals surface area contributed by atoms with Crippen LogP contribution in [0.4, 0.5) is 0 Å². The van der Waals surface area contributed by atoms with Crippen LogP contribution in [-0.4, -0.2) is 36.8 Å². The number of carbonyl (C=O) groups is 2. The Morgan fingerprint density at radius 1 is 1.50 bits per heavy atom. The van der Waals surface area contributed by atoms with E-state index in [0.717, 1.165) is 4.96 Å². The molecule has 2 aromatic rings. The van der Waals surface area contributed by atoms with E-state index in [9.17, 15) is 9.59 Å². The number of thiazole rings is 1. The number of aryl methyl sites for hydroxylation is 1. The van der Waals surface area contributed by atoms with Crippen LogP contribution in [0.25, 0.3) is 4.96 Å². The van der Waals surface area contributed by atoms with Crippen LogP contribution < -0.4 is 5.43 Å². The van der Waals surface area contributed by atoms with Gasteiger partial charge in [0.15, 0.2) is 4.96 Å². The normalized spacial score (nSPS) is 17.9. The monoisotopic (exact) mass is 310 g/mol. The second kappa shape index (κ2) is 4.49. The van der Waals surface area contributed by atoms with E-state index < -0.39 is 4.87 Å². The molecule has 1 fully saturated rings. The number of rotatable bonds is 2. The minimum absolute atomic E-state index is 0.0860. The maximum atomic E-state index is 12.5. The predicted octanol–water partition coefficient (Wildman–Crippen LogP) is 1.66. The van der Waals surface area contributed by atoms with Gasteiger partial charge in [-0.2, -0.15) is 0 Å². The highest BCUT2D eigenvalue weighted by Crippen LogP contribution is 2.34. The molecule has 0 unspecified atom stereocenters. The van der Waals surface area contributed by atoms with Crippen molar-refractivity contribution >= 4 is 39.9 Å². The van der Waals surface area contributed by atoms with E-state index in [1.807, 2.05) is 19.2 Å². The Morgan fingerprint density at radius 2 is 2.25 bits per heavy atom. The van der Waals surface area contributed by atoms with Crippen LogP contribution >= 0.6 is 23.1 Å². The highest BCUT2D eigenvalue weighted by Gasteiger charge is 2.40. The van der Waals surface area contributed by atoms with Gasteiger partial charge in [0.1, 0.15) is 10.6 Å². The summed E-state index contributed by atoms with van der Waals surface area (Å²) < 4.78 is 1.75. The fourth-order valence-corrected chi connectivity index (χ4v) is 3.83. The molecule has 3 rings (SSSR count). The van der Waals surface area contributed by atoms with E-state index in [2.05, 4.69) is 10.4 Å². The number of aromatic nitrogens is 2. The number of imidazole rings is 1. The summed E-state index contributed by atoms with van der Waals surface area (Å²) in [6, 6.07) is 0. The van der Waals surface area contributed by atoms with Crippen molar-refractivity contribution in [3.05, 3.63) is 23.0 Å². The van der Waals surface area contributed by atoms with Crippen LogP contribution in [0, 0.1) is 6.92 Å². The molecule has 3 heterocycles. The Morgan fingerprint density at radius 3 is 2.90 bits per heavy atom. The number of nitrogens with one attached hydrogen (secondary N) is 1. The number of fused-ring (bicyclic) bond motifs is 1. The highest BCUT2D eigenvalue weighted by molar-refractivity contribution is 8.01. The molecule has 1 saturated heterocycles. The Hall–Kier alpha value is -1.54. The van der Waals surface area contributed by atoms with Crippen LogP contribution in [0.1, 0.15) is 30.0 Å². The number of hydrogen-bond acceptors (Lipinski definition) is 5. The van der Waals surface area contributed by atoms with Gasteiger partial charge >= 0.3 is 0 Å². The van der Waals surface area contributed by atoms with E-state index in [1.165, 1.54) is 28.1 Å². The fraction of sp³-hybridized carbons (Fsp3) is 0.417. The molecule has 8 heteroatoms. The Balaban J connectivity index is 1.92. The van der Waals surface area contributed by atoms with E-state index in [-0.39, 0.29) is 11.8 Å². The predicted molar refractivity (Wildman–Crippen MR) is 78.7 cm³/mol. The number of hydrazine groups is 1. The summed E-state index contributed by atoms with van der Waals surface area (Å²) in [5, 5.41) is 3.28. The number of nitrogens with zero attached hydrogens (tertiary/aromatic N) is 3. The summed E-state index contributed by atoms with van der Waals surface area (Å²) in [5.41, 5.74) is 3.84. The molecule has 1 N–H and O–H groups in total. The first-order valence-electron chi connectivity index (χ1n) is 6.10. The Labute approximate surface area is 124 Å².